The fraction of sp³-hybridized carbons (Fsp3) is 0.933. The molecule has 1 aliphatic carbocycles. The summed E-state index contributed by atoms with van der Waals surface area (Å²) in [5.74, 6) is 0.498. The Balaban J connectivity index is 1.59. The van der Waals surface area contributed by atoms with E-state index in [1.165, 1.54) is 25.7 Å². The molecule has 2 rings (SSSR count). The fourth-order valence-corrected chi connectivity index (χ4v) is 2.92. The molecule has 1 saturated heterocycles. The molecule has 3 nitrogen and oxygen atoms in total. The number of rotatable bonds is 7. The number of hydrogen-bond donors (Lipinski definition) is 0. The minimum atomic E-state index is 0.00643. The van der Waals surface area contributed by atoms with Crippen molar-refractivity contribution in [2.45, 2.75) is 71.0 Å². The molecule has 1 heterocycles. The highest BCUT2D eigenvalue weighted by Crippen LogP contribution is 2.43. The fourth-order valence-electron chi connectivity index (χ4n) is 2.92. The Morgan fingerprint density at radius 3 is 2.67 bits per heavy atom. The molecule has 1 saturated carbocycles. The molecule has 0 N–H and O–H groups in total. The standard InChI is InChI=1S/C15H26O3/c1-3-4-5-6-7-8-17-15(16)12-10-14-13(18-14)9-11(12)2/h11-14H,3-10H2,1-2H3. The van der Waals surface area contributed by atoms with Gasteiger partial charge in [0.15, 0.2) is 0 Å². The van der Waals surface area contributed by atoms with Crippen LogP contribution in [0.2, 0.25) is 0 Å². The third-order valence-electron chi connectivity index (χ3n) is 4.26. The predicted octanol–water partition coefficient (Wildman–Crippen LogP) is 3.31. The highest BCUT2D eigenvalue weighted by atomic mass is 16.6. The molecule has 4 atom stereocenters. The average Bonchev–Trinajstić information content (AvgIpc) is 3.10. The predicted molar refractivity (Wildman–Crippen MR) is 70.3 cm³/mol. The van der Waals surface area contributed by atoms with Gasteiger partial charge in [0.2, 0.25) is 0 Å². The first-order valence-electron chi connectivity index (χ1n) is 7.54. The molecule has 0 amide bonds. The summed E-state index contributed by atoms with van der Waals surface area (Å²) < 4.78 is 10.9. The van der Waals surface area contributed by atoms with Gasteiger partial charge < -0.3 is 9.47 Å². The van der Waals surface area contributed by atoms with Crippen LogP contribution in [0, 0.1) is 11.8 Å². The average molecular weight is 254 g/mol. The van der Waals surface area contributed by atoms with Crippen LogP contribution in [0.3, 0.4) is 0 Å². The van der Waals surface area contributed by atoms with Crippen molar-refractivity contribution >= 4 is 5.97 Å². The van der Waals surface area contributed by atoms with Crippen LogP contribution in [0.4, 0.5) is 0 Å². The highest BCUT2D eigenvalue weighted by molar-refractivity contribution is 5.73. The molecule has 0 spiro atoms. The van der Waals surface area contributed by atoms with E-state index in [4.69, 9.17) is 9.47 Å². The van der Waals surface area contributed by atoms with Crippen LogP contribution in [0.1, 0.15) is 58.8 Å². The van der Waals surface area contributed by atoms with E-state index in [0.29, 0.717) is 24.7 Å². The largest absolute Gasteiger partial charge is 0.465 e. The molecule has 104 valence electrons. The van der Waals surface area contributed by atoms with Gasteiger partial charge in [-0.25, -0.2) is 0 Å². The van der Waals surface area contributed by atoms with Crippen LogP contribution in [0.15, 0.2) is 0 Å². The first-order valence-corrected chi connectivity index (χ1v) is 7.54. The van der Waals surface area contributed by atoms with Crippen molar-refractivity contribution in [2.75, 3.05) is 6.61 Å². The molecule has 2 fully saturated rings. The van der Waals surface area contributed by atoms with Crippen molar-refractivity contribution < 1.29 is 14.3 Å². The van der Waals surface area contributed by atoms with Gasteiger partial charge in [-0.2, -0.15) is 0 Å². The highest BCUT2D eigenvalue weighted by Gasteiger charge is 2.49. The van der Waals surface area contributed by atoms with Crippen molar-refractivity contribution in [1.29, 1.82) is 0 Å². The zero-order valence-electron chi connectivity index (χ0n) is 11.7. The Hall–Kier alpha value is -0.570. The molecular formula is C15H26O3. The number of carbonyl (C=O) groups excluding carboxylic acids is 1. The van der Waals surface area contributed by atoms with E-state index >= 15 is 0 Å². The van der Waals surface area contributed by atoms with Crippen LogP contribution in [-0.4, -0.2) is 24.8 Å². The number of unbranched alkanes of at least 4 members (excludes halogenated alkanes) is 4. The summed E-state index contributed by atoms with van der Waals surface area (Å²) in [6.45, 7) is 4.95. The summed E-state index contributed by atoms with van der Waals surface area (Å²) in [7, 11) is 0. The minimum Gasteiger partial charge on any atom is -0.465 e. The maximum atomic E-state index is 12.0. The first-order chi connectivity index (χ1) is 8.72. The van der Waals surface area contributed by atoms with Gasteiger partial charge in [0.1, 0.15) is 0 Å². The van der Waals surface area contributed by atoms with E-state index in [1.807, 2.05) is 0 Å². The van der Waals surface area contributed by atoms with Crippen LogP contribution in [-0.2, 0) is 14.3 Å². The van der Waals surface area contributed by atoms with Crippen molar-refractivity contribution in [3.05, 3.63) is 0 Å². The number of ether oxygens (including phenoxy) is 2. The minimum absolute atomic E-state index is 0.00643. The second-order valence-electron chi connectivity index (χ2n) is 5.85. The number of hydrogen-bond acceptors (Lipinski definition) is 3. The quantitative estimate of drug-likeness (QED) is 0.397. The van der Waals surface area contributed by atoms with Crippen LogP contribution < -0.4 is 0 Å². The lowest BCUT2D eigenvalue weighted by Gasteiger charge is -2.24. The zero-order valence-corrected chi connectivity index (χ0v) is 11.7. The van der Waals surface area contributed by atoms with E-state index in [2.05, 4.69) is 13.8 Å². The number of fused-ring (bicyclic) bond motifs is 1. The summed E-state index contributed by atoms with van der Waals surface area (Å²) in [6.07, 6.45) is 8.68. The van der Waals surface area contributed by atoms with E-state index in [9.17, 15) is 4.79 Å². The van der Waals surface area contributed by atoms with E-state index in [1.54, 1.807) is 0 Å². The summed E-state index contributed by atoms with van der Waals surface area (Å²) in [4.78, 5) is 12.0. The van der Waals surface area contributed by atoms with Gasteiger partial charge in [0.05, 0.1) is 24.7 Å². The summed E-state index contributed by atoms with van der Waals surface area (Å²) in [6, 6.07) is 0. The monoisotopic (exact) mass is 254 g/mol. The maximum Gasteiger partial charge on any atom is 0.309 e. The second kappa shape index (κ2) is 6.55. The molecule has 1 aliphatic heterocycles. The number of esters is 1. The van der Waals surface area contributed by atoms with Gasteiger partial charge in [-0.15, -0.1) is 0 Å². The smallest absolute Gasteiger partial charge is 0.309 e. The first kappa shape index (κ1) is 13.9. The maximum absolute atomic E-state index is 12.0. The molecule has 0 radical (unpaired) electrons. The molecule has 2 aliphatic rings. The normalized spacial score (nSPS) is 33.9. The molecular weight excluding hydrogens is 228 g/mol. The number of carbonyl (C=O) groups is 1. The topological polar surface area (TPSA) is 38.8 Å². The lowest BCUT2D eigenvalue weighted by atomic mass is 9.80. The van der Waals surface area contributed by atoms with Crippen molar-refractivity contribution in [1.82, 2.24) is 0 Å². The summed E-state index contributed by atoms with van der Waals surface area (Å²) >= 11 is 0. The van der Waals surface area contributed by atoms with Gasteiger partial charge >= 0.3 is 5.97 Å². The van der Waals surface area contributed by atoms with Gasteiger partial charge in [-0.3, -0.25) is 4.79 Å². The Morgan fingerprint density at radius 1 is 1.17 bits per heavy atom. The van der Waals surface area contributed by atoms with Crippen LogP contribution >= 0.6 is 0 Å². The van der Waals surface area contributed by atoms with Gasteiger partial charge in [-0.05, 0) is 25.2 Å². The van der Waals surface area contributed by atoms with Gasteiger partial charge in [0.25, 0.3) is 0 Å². The third kappa shape index (κ3) is 3.71. The number of epoxide rings is 1. The molecule has 0 bridgehead atoms. The van der Waals surface area contributed by atoms with Gasteiger partial charge in [0, 0.05) is 0 Å². The molecule has 0 aromatic heterocycles. The Morgan fingerprint density at radius 2 is 1.89 bits per heavy atom. The lowest BCUT2D eigenvalue weighted by molar-refractivity contribution is -0.151. The Bertz CT molecular complexity index is 277. The van der Waals surface area contributed by atoms with E-state index in [-0.39, 0.29) is 11.9 Å². The molecule has 4 unspecified atom stereocenters. The van der Waals surface area contributed by atoms with E-state index < -0.39 is 0 Å². The third-order valence-corrected chi connectivity index (χ3v) is 4.26. The lowest BCUT2D eigenvalue weighted by Crippen LogP contribution is -2.30. The van der Waals surface area contributed by atoms with Crippen LogP contribution in [0.25, 0.3) is 0 Å². The molecule has 3 heteroatoms. The van der Waals surface area contributed by atoms with E-state index in [0.717, 1.165) is 19.3 Å². The van der Waals surface area contributed by atoms with Gasteiger partial charge in [-0.1, -0.05) is 39.5 Å². The van der Waals surface area contributed by atoms with Crippen molar-refractivity contribution in [3.63, 3.8) is 0 Å². The Labute approximate surface area is 110 Å². The molecule has 18 heavy (non-hydrogen) atoms. The summed E-state index contributed by atoms with van der Waals surface area (Å²) in [5, 5.41) is 0. The van der Waals surface area contributed by atoms with Crippen molar-refractivity contribution in [3.8, 4) is 0 Å². The zero-order chi connectivity index (χ0) is 13.0. The Kier molecular flexibility index (Phi) is 5.04. The van der Waals surface area contributed by atoms with Crippen LogP contribution in [0.5, 0.6) is 0 Å². The SMILES string of the molecule is CCCCCCCOC(=O)C1CC2OC2CC1C. The second-order valence-corrected chi connectivity index (χ2v) is 5.85. The molecule has 0 aromatic rings. The van der Waals surface area contributed by atoms with Crippen molar-refractivity contribution in [2.24, 2.45) is 11.8 Å². The summed E-state index contributed by atoms with van der Waals surface area (Å²) in [5.41, 5.74) is 0. The molecule has 0 aromatic carbocycles.